The van der Waals surface area contributed by atoms with Crippen molar-refractivity contribution in [3.05, 3.63) is 35.9 Å². The van der Waals surface area contributed by atoms with Gasteiger partial charge in [-0.2, -0.15) is 0 Å². The van der Waals surface area contributed by atoms with Gasteiger partial charge in [0.2, 0.25) is 0 Å². The van der Waals surface area contributed by atoms with Crippen LogP contribution in [0.5, 0.6) is 0 Å². The molecule has 15 heavy (non-hydrogen) atoms. The number of ether oxygens (including phenoxy) is 1. The number of epoxide rings is 1. The number of hydrogen-bond acceptors (Lipinski definition) is 1. The first-order valence-electron chi connectivity index (χ1n) is 6.08. The summed E-state index contributed by atoms with van der Waals surface area (Å²) in [4.78, 5) is 0. The zero-order valence-corrected chi connectivity index (χ0v) is 9.49. The van der Waals surface area contributed by atoms with E-state index in [0.29, 0.717) is 12.0 Å². The van der Waals surface area contributed by atoms with Crippen LogP contribution in [0.25, 0.3) is 0 Å². The summed E-state index contributed by atoms with van der Waals surface area (Å²) in [6.45, 7) is 3.22. The van der Waals surface area contributed by atoms with Gasteiger partial charge in [0.15, 0.2) is 0 Å². The Balaban J connectivity index is 1.94. The van der Waals surface area contributed by atoms with Gasteiger partial charge in [0.1, 0.15) is 0 Å². The van der Waals surface area contributed by atoms with Gasteiger partial charge in [0, 0.05) is 5.92 Å². The number of hydrogen-bond donors (Lipinski definition) is 0. The number of unbranched alkanes of at least 4 members (excludes halogenated alkanes) is 2. The summed E-state index contributed by atoms with van der Waals surface area (Å²) in [6.07, 6.45) is 5.76. The van der Waals surface area contributed by atoms with E-state index in [2.05, 4.69) is 37.3 Å². The SMILES string of the molecule is CCCCCC(c1ccccc1)C1CO1. The largest absolute Gasteiger partial charge is 0.372 e. The molecule has 2 rings (SSSR count). The third-order valence-electron chi connectivity index (χ3n) is 3.15. The molecule has 1 heteroatoms. The van der Waals surface area contributed by atoms with Crippen molar-refractivity contribution < 1.29 is 4.74 Å². The Bertz CT molecular complexity index is 277. The van der Waals surface area contributed by atoms with Gasteiger partial charge in [0.25, 0.3) is 0 Å². The maximum atomic E-state index is 5.46. The quantitative estimate of drug-likeness (QED) is 0.508. The first-order chi connectivity index (χ1) is 7.42. The lowest BCUT2D eigenvalue weighted by Crippen LogP contribution is -2.06. The molecule has 2 unspecified atom stereocenters. The van der Waals surface area contributed by atoms with Crippen LogP contribution in [0.1, 0.15) is 44.1 Å². The molecule has 1 fully saturated rings. The molecular weight excluding hydrogens is 184 g/mol. The lowest BCUT2D eigenvalue weighted by Gasteiger charge is -2.14. The molecule has 82 valence electrons. The molecule has 0 bridgehead atoms. The van der Waals surface area contributed by atoms with E-state index < -0.39 is 0 Å². The van der Waals surface area contributed by atoms with Crippen molar-refractivity contribution in [1.29, 1.82) is 0 Å². The summed E-state index contributed by atoms with van der Waals surface area (Å²) in [5, 5.41) is 0. The second kappa shape index (κ2) is 5.32. The van der Waals surface area contributed by atoms with Gasteiger partial charge in [-0.25, -0.2) is 0 Å². The zero-order valence-electron chi connectivity index (χ0n) is 9.49. The van der Waals surface area contributed by atoms with Crippen LogP contribution in [-0.2, 0) is 4.74 Å². The second-order valence-corrected chi connectivity index (χ2v) is 4.38. The minimum atomic E-state index is 0.504. The highest BCUT2D eigenvalue weighted by atomic mass is 16.6. The van der Waals surface area contributed by atoms with Gasteiger partial charge in [-0.1, -0.05) is 56.5 Å². The van der Waals surface area contributed by atoms with E-state index in [1.54, 1.807) is 0 Å². The lowest BCUT2D eigenvalue weighted by molar-refractivity contribution is 0.359. The maximum Gasteiger partial charge on any atom is 0.0878 e. The van der Waals surface area contributed by atoms with Crippen molar-refractivity contribution in [3.63, 3.8) is 0 Å². The summed E-state index contributed by atoms with van der Waals surface area (Å²) in [5.41, 5.74) is 1.45. The molecule has 1 aliphatic heterocycles. The van der Waals surface area contributed by atoms with Crippen molar-refractivity contribution in [2.24, 2.45) is 0 Å². The monoisotopic (exact) mass is 204 g/mol. The van der Waals surface area contributed by atoms with Crippen molar-refractivity contribution in [1.82, 2.24) is 0 Å². The Morgan fingerprint density at radius 2 is 2.00 bits per heavy atom. The van der Waals surface area contributed by atoms with E-state index in [1.807, 2.05) is 0 Å². The fourth-order valence-electron chi connectivity index (χ4n) is 2.17. The predicted octanol–water partition coefficient (Wildman–Crippen LogP) is 3.75. The standard InChI is InChI=1S/C14H20O/c1-2-3-5-10-13(14-11-15-14)12-8-6-4-7-9-12/h4,6-9,13-14H,2-3,5,10-11H2,1H3. The molecule has 1 aromatic rings. The third kappa shape index (κ3) is 3.07. The van der Waals surface area contributed by atoms with E-state index >= 15 is 0 Å². The fourth-order valence-corrected chi connectivity index (χ4v) is 2.17. The summed E-state index contributed by atoms with van der Waals surface area (Å²) < 4.78 is 5.46. The van der Waals surface area contributed by atoms with E-state index in [-0.39, 0.29) is 0 Å². The van der Waals surface area contributed by atoms with Crippen molar-refractivity contribution in [3.8, 4) is 0 Å². The smallest absolute Gasteiger partial charge is 0.0878 e. The normalized spacial score (nSPS) is 21.3. The Hall–Kier alpha value is -0.820. The Labute approximate surface area is 92.5 Å². The zero-order chi connectivity index (χ0) is 10.5. The van der Waals surface area contributed by atoms with Crippen molar-refractivity contribution in [2.45, 2.75) is 44.6 Å². The molecule has 0 radical (unpaired) electrons. The van der Waals surface area contributed by atoms with Gasteiger partial charge < -0.3 is 4.74 Å². The summed E-state index contributed by atoms with van der Waals surface area (Å²) >= 11 is 0. The van der Waals surface area contributed by atoms with Crippen molar-refractivity contribution >= 4 is 0 Å². The first kappa shape index (κ1) is 10.7. The topological polar surface area (TPSA) is 12.5 Å². The minimum Gasteiger partial charge on any atom is -0.372 e. The number of rotatable bonds is 6. The van der Waals surface area contributed by atoms with Crippen LogP contribution in [0.3, 0.4) is 0 Å². The Kier molecular flexibility index (Phi) is 3.79. The van der Waals surface area contributed by atoms with E-state index in [1.165, 1.54) is 31.2 Å². The molecule has 0 spiro atoms. The molecule has 2 atom stereocenters. The average Bonchev–Trinajstić information content (AvgIpc) is 3.10. The highest BCUT2D eigenvalue weighted by molar-refractivity contribution is 5.21. The van der Waals surface area contributed by atoms with Crippen LogP contribution in [0.15, 0.2) is 30.3 Å². The predicted molar refractivity (Wildman–Crippen MR) is 63.1 cm³/mol. The van der Waals surface area contributed by atoms with Crippen LogP contribution in [0.2, 0.25) is 0 Å². The van der Waals surface area contributed by atoms with Gasteiger partial charge >= 0.3 is 0 Å². The van der Waals surface area contributed by atoms with Gasteiger partial charge in [-0.3, -0.25) is 0 Å². The first-order valence-corrected chi connectivity index (χ1v) is 6.08. The van der Waals surface area contributed by atoms with Gasteiger partial charge in [-0.15, -0.1) is 0 Å². The third-order valence-corrected chi connectivity index (χ3v) is 3.15. The molecule has 1 saturated heterocycles. The van der Waals surface area contributed by atoms with E-state index in [0.717, 1.165) is 6.61 Å². The molecule has 1 nitrogen and oxygen atoms in total. The van der Waals surface area contributed by atoms with Gasteiger partial charge in [0.05, 0.1) is 12.7 Å². The molecule has 1 heterocycles. The van der Waals surface area contributed by atoms with Crippen LogP contribution < -0.4 is 0 Å². The molecular formula is C14H20O. The molecule has 1 aromatic carbocycles. The summed E-state index contributed by atoms with van der Waals surface area (Å²) in [5.74, 6) is 0.637. The Morgan fingerprint density at radius 1 is 1.27 bits per heavy atom. The van der Waals surface area contributed by atoms with E-state index in [4.69, 9.17) is 4.74 Å². The molecule has 0 N–H and O–H groups in total. The van der Waals surface area contributed by atoms with Crippen LogP contribution in [0, 0.1) is 0 Å². The van der Waals surface area contributed by atoms with E-state index in [9.17, 15) is 0 Å². The number of benzene rings is 1. The minimum absolute atomic E-state index is 0.504. The molecule has 0 aliphatic carbocycles. The molecule has 1 aliphatic rings. The van der Waals surface area contributed by atoms with Crippen LogP contribution in [0.4, 0.5) is 0 Å². The highest BCUT2D eigenvalue weighted by Crippen LogP contribution is 2.33. The Morgan fingerprint density at radius 3 is 2.60 bits per heavy atom. The second-order valence-electron chi connectivity index (χ2n) is 4.38. The van der Waals surface area contributed by atoms with Crippen LogP contribution in [-0.4, -0.2) is 12.7 Å². The van der Waals surface area contributed by atoms with Crippen molar-refractivity contribution in [2.75, 3.05) is 6.61 Å². The fraction of sp³-hybridized carbons (Fsp3) is 0.571. The average molecular weight is 204 g/mol. The summed E-state index contributed by atoms with van der Waals surface area (Å²) in [6, 6.07) is 10.8. The molecule has 0 amide bonds. The molecule has 0 saturated carbocycles. The maximum absolute atomic E-state index is 5.46. The lowest BCUT2D eigenvalue weighted by atomic mass is 9.90. The van der Waals surface area contributed by atoms with Gasteiger partial charge in [-0.05, 0) is 12.0 Å². The molecule has 0 aromatic heterocycles. The highest BCUT2D eigenvalue weighted by Gasteiger charge is 2.32. The van der Waals surface area contributed by atoms with Crippen LogP contribution >= 0.6 is 0 Å². The summed E-state index contributed by atoms with van der Waals surface area (Å²) in [7, 11) is 0.